The second kappa shape index (κ2) is 11.2. The van der Waals surface area contributed by atoms with Crippen LogP contribution in [0.25, 0.3) is 0 Å². The van der Waals surface area contributed by atoms with Gasteiger partial charge in [-0.2, -0.15) is 4.31 Å². The van der Waals surface area contributed by atoms with E-state index in [1.807, 2.05) is 37.3 Å². The Morgan fingerprint density at radius 1 is 0.972 bits per heavy atom. The fraction of sp³-hybridized carbons (Fsp3) is 0.259. The zero-order chi connectivity index (χ0) is 25.7. The molecule has 7 nitrogen and oxygen atoms in total. The van der Waals surface area contributed by atoms with Crippen LogP contribution in [-0.2, 0) is 14.8 Å². The van der Waals surface area contributed by atoms with Gasteiger partial charge in [0.05, 0.1) is 28.1 Å². The number of sulfonamides is 1. The Hall–Kier alpha value is -3.20. The maximum Gasteiger partial charge on any atom is 0.253 e. The molecule has 3 aromatic carbocycles. The van der Waals surface area contributed by atoms with E-state index in [2.05, 4.69) is 10.6 Å². The van der Waals surface area contributed by atoms with E-state index in [0.29, 0.717) is 35.7 Å². The van der Waals surface area contributed by atoms with Crippen molar-refractivity contribution in [1.29, 1.82) is 0 Å². The number of rotatable bonds is 7. The summed E-state index contributed by atoms with van der Waals surface area (Å²) in [5.74, 6) is -1.17. The second-order valence-electron chi connectivity index (χ2n) is 8.80. The van der Waals surface area contributed by atoms with Gasteiger partial charge in [0.2, 0.25) is 15.9 Å². The lowest BCUT2D eigenvalue weighted by molar-refractivity contribution is -0.120. The van der Waals surface area contributed by atoms with E-state index in [-0.39, 0.29) is 29.3 Å². The molecule has 1 heterocycles. The fourth-order valence-corrected chi connectivity index (χ4v) is 5.90. The van der Waals surface area contributed by atoms with Crippen molar-refractivity contribution >= 4 is 39.1 Å². The number of benzene rings is 3. The van der Waals surface area contributed by atoms with Crippen LogP contribution in [0.2, 0.25) is 5.02 Å². The summed E-state index contributed by atoms with van der Waals surface area (Å²) in [5, 5.41) is 6.27. The Morgan fingerprint density at radius 3 is 2.36 bits per heavy atom. The molecule has 4 rings (SSSR count). The quantitative estimate of drug-likeness (QED) is 0.460. The number of para-hydroxylation sites is 1. The van der Waals surface area contributed by atoms with Crippen LogP contribution in [0.3, 0.4) is 0 Å². The van der Waals surface area contributed by atoms with E-state index >= 15 is 0 Å². The highest BCUT2D eigenvalue weighted by Crippen LogP contribution is 2.26. The molecule has 36 heavy (non-hydrogen) atoms. The van der Waals surface area contributed by atoms with E-state index in [0.717, 1.165) is 5.56 Å². The minimum atomic E-state index is -3.75. The van der Waals surface area contributed by atoms with Gasteiger partial charge in [-0.3, -0.25) is 9.59 Å². The lowest BCUT2D eigenvalue weighted by atomic mass is 9.98. The molecule has 2 N–H and O–H groups in total. The van der Waals surface area contributed by atoms with Crippen molar-refractivity contribution in [1.82, 2.24) is 9.62 Å². The molecule has 0 saturated carbocycles. The van der Waals surface area contributed by atoms with Crippen LogP contribution in [0.4, 0.5) is 5.69 Å². The van der Waals surface area contributed by atoms with Crippen molar-refractivity contribution in [3.63, 3.8) is 0 Å². The van der Waals surface area contributed by atoms with E-state index in [1.165, 1.54) is 28.6 Å². The van der Waals surface area contributed by atoms with Gasteiger partial charge in [-0.25, -0.2) is 8.42 Å². The summed E-state index contributed by atoms with van der Waals surface area (Å²) in [7, 11) is -3.75. The van der Waals surface area contributed by atoms with Crippen molar-refractivity contribution in [3.8, 4) is 0 Å². The van der Waals surface area contributed by atoms with Gasteiger partial charge in [-0.15, -0.1) is 0 Å². The predicted octanol–water partition coefficient (Wildman–Crippen LogP) is 4.87. The highest BCUT2D eigenvalue weighted by Gasteiger charge is 2.33. The number of hydrogen-bond acceptors (Lipinski definition) is 4. The van der Waals surface area contributed by atoms with Crippen LogP contribution in [0.5, 0.6) is 0 Å². The minimum absolute atomic E-state index is 0.0657. The van der Waals surface area contributed by atoms with E-state index < -0.39 is 15.9 Å². The zero-order valence-electron chi connectivity index (χ0n) is 19.9. The fourth-order valence-electron chi connectivity index (χ4n) is 4.25. The summed E-state index contributed by atoms with van der Waals surface area (Å²) >= 11 is 5.89. The largest absolute Gasteiger partial charge is 0.345 e. The van der Waals surface area contributed by atoms with Crippen LogP contribution in [0.15, 0.2) is 83.8 Å². The van der Waals surface area contributed by atoms with Crippen LogP contribution >= 0.6 is 11.6 Å². The summed E-state index contributed by atoms with van der Waals surface area (Å²) < 4.78 is 27.5. The first-order valence-corrected chi connectivity index (χ1v) is 13.6. The summed E-state index contributed by atoms with van der Waals surface area (Å²) in [4.78, 5) is 26.3. The molecule has 1 aliphatic heterocycles. The summed E-state index contributed by atoms with van der Waals surface area (Å²) in [6.45, 7) is 2.30. The van der Waals surface area contributed by atoms with Gasteiger partial charge in [0.1, 0.15) is 0 Å². The topological polar surface area (TPSA) is 95.6 Å². The number of amides is 2. The molecule has 2 atom stereocenters. The van der Waals surface area contributed by atoms with Crippen molar-refractivity contribution in [2.75, 3.05) is 18.4 Å². The Bertz CT molecular complexity index is 1330. The summed E-state index contributed by atoms with van der Waals surface area (Å²) in [6, 6.07) is 22.2. The molecule has 1 fully saturated rings. The smallest absolute Gasteiger partial charge is 0.253 e. The molecule has 0 radical (unpaired) electrons. The number of nitrogens with one attached hydrogen (secondary N) is 2. The standard InChI is InChI=1S/C27H28ClN3O4S/c1-19(20-8-3-2-4-9-20)29-27(33)24-11-5-6-12-25(24)30-26(32)21-10-7-17-31(18-21)36(34,35)23-15-13-22(28)14-16-23/h2-6,8-9,11-16,19,21H,7,10,17-18H2,1H3,(H,29,33)(H,30,32)/t19-,21+/m0/s1. The predicted molar refractivity (Wildman–Crippen MR) is 140 cm³/mol. The number of hydrogen-bond donors (Lipinski definition) is 2. The first kappa shape index (κ1) is 25.9. The molecular formula is C27H28ClN3O4S. The average Bonchev–Trinajstić information content (AvgIpc) is 2.89. The number of carbonyl (C=O) groups is 2. The van der Waals surface area contributed by atoms with Gasteiger partial charge in [0.25, 0.3) is 5.91 Å². The molecule has 9 heteroatoms. The Balaban J connectivity index is 1.45. The molecule has 188 valence electrons. The Morgan fingerprint density at radius 2 is 1.64 bits per heavy atom. The molecule has 2 amide bonds. The van der Waals surface area contributed by atoms with Gasteiger partial charge in [-0.1, -0.05) is 54.1 Å². The monoisotopic (exact) mass is 525 g/mol. The van der Waals surface area contributed by atoms with E-state index in [9.17, 15) is 18.0 Å². The molecule has 0 spiro atoms. The van der Waals surface area contributed by atoms with Crippen molar-refractivity contribution in [2.24, 2.45) is 5.92 Å². The molecule has 3 aromatic rings. The SMILES string of the molecule is C[C@H](NC(=O)c1ccccc1NC(=O)[C@@H]1CCCN(S(=O)(=O)c2ccc(Cl)cc2)C1)c1ccccc1. The lowest BCUT2D eigenvalue weighted by Gasteiger charge is -2.31. The number of nitrogens with zero attached hydrogens (tertiary/aromatic N) is 1. The maximum atomic E-state index is 13.2. The molecule has 0 aromatic heterocycles. The van der Waals surface area contributed by atoms with Crippen LogP contribution in [-0.4, -0.2) is 37.6 Å². The zero-order valence-corrected chi connectivity index (χ0v) is 21.4. The van der Waals surface area contributed by atoms with Crippen LogP contribution in [0.1, 0.15) is 41.7 Å². The van der Waals surface area contributed by atoms with Gasteiger partial charge in [-0.05, 0) is 61.7 Å². The number of anilines is 1. The van der Waals surface area contributed by atoms with Gasteiger partial charge < -0.3 is 10.6 Å². The molecule has 0 bridgehead atoms. The third kappa shape index (κ3) is 5.95. The van der Waals surface area contributed by atoms with Crippen LogP contribution in [0, 0.1) is 5.92 Å². The third-order valence-electron chi connectivity index (χ3n) is 6.28. The van der Waals surface area contributed by atoms with Gasteiger partial charge >= 0.3 is 0 Å². The number of carbonyl (C=O) groups excluding carboxylic acids is 2. The molecule has 0 aliphatic carbocycles. The molecule has 1 aliphatic rings. The summed E-state index contributed by atoms with van der Waals surface area (Å²) in [6.07, 6.45) is 1.11. The maximum absolute atomic E-state index is 13.2. The van der Waals surface area contributed by atoms with Gasteiger partial charge in [0.15, 0.2) is 0 Å². The lowest BCUT2D eigenvalue weighted by Crippen LogP contribution is -2.43. The highest BCUT2D eigenvalue weighted by atomic mass is 35.5. The van der Waals surface area contributed by atoms with Gasteiger partial charge in [0, 0.05) is 18.1 Å². The number of halogens is 1. The molecule has 0 unspecified atom stereocenters. The van der Waals surface area contributed by atoms with Crippen LogP contribution < -0.4 is 10.6 Å². The second-order valence-corrected chi connectivity index (χ2v) is 11.2. The Labute approximate surface area is 216 Å². The van der Waals surface area contributed by atoms with Crippen molar-refractivity contribution in [3.05, 3.63) is 95.0 Å². The minimum Gasteiger partial charge on any atom is -0.345 e. The van der Waals surface area contributed by atoms with E-state index in [4.69, 9.17) is 11.6 Å². The molecular weight excluding hydrogens is 498 g/mol. The van der Waals surface area contributed by atoms with E-state index in [1.54, 1.807) is 24.3 Å². The number of piperidine rings is 1. The molecule has 1 saturated heterocycles. The first-order chi connectivity index (χ1) is 17.3. The highest BCUT2D eigenvalue weighted by molar-refractivity contribution is 7.89. The Kier molecular flexibility index (Phi) is 8.08. The summed E-state index contributed by atoms with van der Waals surface area (Å²) in [5.41, 5.74) is 1.70. The first-order valence-electron chi connectivity index (χ1n) is 11.8. The third-order valence-corrected chi connectivity index (χ3v) is 8.41. The van der Waals surface area contributed by atoms with Crippen molar-refractivity contribution < 1.29 is 18.0 Å². The normalized spacial score (nSPS) is 17.2. The van der Waals surface area contributed by atoms with Crippen molar-refractivity contribution in [2.45, 2.75) is 30.7 Å². The average molecular weight is 526 g/mol.